The highest BCUT2D eigenvalue weighted by atomic mass is 19.1. The van der Waals surface area contributed by atoms with Crippen molar-refractivity contribution in [3.05, 3.63) is 89.5 Å². The third-order valence-electron chi connectivity index (χ3n) is 4.80. The van der Waals surface area contributed by atoms with Crippen LogP contribution in [0.4, 0.5) is 15.9 Å². The van der Waals surface area contributed by atoms with Gasteiger partial charge in [-0.05, 0) is 73.0 Å². The molecule has 0 atom stereocenters. The zero-order valence-corrected chi connectivity index (χ0v) is 18.3. The lowest BCUT2D eigenvalue weighted by atomic mass is 10.1. The number of nitrogens with two attached hydrogens (primary N) is 1. The number of amidine groups is 1. The molecule has 7 nitrogen and oxygen atoms in total. The normalized spacial score (nSPS) is 11.8. The fraction of sp³-hybridized carbons (Fsp3) is 0.120. The molecule has 0 unspecified atom stereocenters. The van der Waals surface area contributed by atoms with Gasteiger partial charge < -0.3 is 15.8 Å². The van der Waals surface area contributed by atoms with E-state index in [1.165, 1.54) is 18.5 Å². The predicted molar refractivity (Wildman–Crippen MR) is 130 cm³/mol. The Morgan fingerprint density at radius 1 is 1.12 bits per heavy atom. The third-order valence-corrected chi connectivity index (χ3v) is 4.80. The van der Waals surface area contributed by atoms with E-state index in [2.05, 4.69) is 25.5 Å². The Morgan fingerprint density at radius 2 is 2.00 bits per heavy atom. The summed E-state index contributed by atoms with van der Waals surface area (Å²) in [7, 11) is 0. The van der Waals surface area contributed by atoms with Gasteiger partial charge in [-0.15, -0.1) is 5.10 Å². The summed E-state index contributed by atoms with van der Waals surface area (Å²) in [6.07, 6.45) is 3.14. The van der Waals surface area contributed by atoms with E-state index < -0.39 is 0 Å². The molecule has 3 N–H and O–H groups in total. The first-order valence-electron chi connectivity index (χ1n) is 10.3. The average molecular weight is 442 g/mol. The van der Waals surface area contributed by atoms with Crippen LogP contribution in [-0.2, 0) is 6.61 Å². The van der Waals surface area contributed by atoms with Crippen molar-refractivity contribution in [3.63, 3.8) is 0 Å². The lowest BCUT2D eigenvalue weighted by molar-refractivity contribution is 0.303. The second-order valence-electron chi connectivity index (χ2n) is 7.51. The molecule has 0 radical (unpaired) electrons. The quantitative estimate of drug-likeness (QED) is 0.235. The molecule has 0 saturated carbocycles. The summed E-state index contributed by atoms with van der Waals surface area (Å²) in [4.78, 5) is 8.74. The minimum atomic E-state index is -0.277. The summed E-state index contributed by atoms with van der Waals surface area (Å²) >= 11 is 0. The maximum Gasteiger partial charge on any atom is 0.141 e. The van der Waals surface area contributed by atoms with E-state index in [-0.39, 0.29) is 5.82 Å². The van der Waals surface area contributed by atoms with Crippen molar-refractivity contribution in [1.82, 2.24) is 9.97 Å². The van der Waals surface area contributed by atoms with Gasteiger partial charge in [0.05, 0.1) is 11.7 Å². The fourth-order valence-electron chi connectivity index (χ4n) is 3.25. The molecule has 0 aliphatic rings. The number of ether oxygens (including phenoxy) is 1. The van der Waals surface area contributed by atoms with Crippen molar-refractivity contribution in [2.24, 2.45) is 15.9 Å². The summed E-state index contributed by atoms with van der Waals surface area (Å²) in [6.45, 7) is 3.92. The van der Waals surface area contributed by atoms with Crippen LogP contribution in [0.5, 0.6) is 5.75 Å². The number of aryl methyl sites for hydroxylation is 1. The Balaban J connectivity index is 1.53. The van der Waals surface area contributed by atoms with E-state index in [0.29, 0.717) is 18.3 Å². The third kappa shape index (κ3) is 5.68. The molecule has 8 heteroatoms. The minimum absolute atomic E-state index is 0.277. The maximum absolute atomic E-state index is 13.4. The number of nitrogens with zero attached hydrogens (tertiary/aromatic N) is 4. The van der Waals surface area contributed by atoms with Crippen molar-refractivity contribution in [2.45, 2.75) is 20.5 Å². The Bertz CT molecular complexity index is 1350. The van der Waals surface area contributed by atoms with E-state index in [1.54, 1.807) is 19.2 Å². The van der Waals surface area contributed by atoms with Gasteiger partial charge in [-0.25, -0.2) is 14.4 Å². The summed E-state index contributed by atoms with van der Waals surface area (Å²) in [5.74, 6) is 1.51. The number of benzene rings is 3. The van der Waals surface area contributed by atoms with Crippen LogP contribution in [0.15, 0.2) is 77.2 Å². The van der Waals surface area contributed by atoms with Gasteiger partial charge in [0.15, 0.2) is 0 Å². The van der Waals surface area contributed by atoms with Gasteiger partial charge in [0.2, 0.25) is 0 Å². The Kier molecular flexibility index (Phi) is 6.54. The number of hydrogen-bond donors (Lipinski definition) is 2. The molecular formula is C25H23FN6O. The van der Waals surface area contributed by atoms with Crippen LogP contribution in [0.1, 0.15) is 23.6 Å². The van der Waals surface area contributed by atoms with Crippen LogP contribution < -0.4 is 15.8 Å². The summed E-state index contributed by atoms with van der Waals surface area (Å²) in [5, 5.41) is 12.0. The Hall–Kier alpha value is -4.33. The second kappa shape index (κ2) is 9.86. The molecule has 0 bridgehead atoms. The van der Waals surface area contributed by atoms with E-state index in [4.69, 9.17) is 10.5 Å². The highest BCUT2D eigenvalue weighted by molar-refractivity contribution is 5.95. The number of nitrogens with one attached hydrogen (secondary N) is 1. The van der Waals surface area contributed by atoms with Crippen LogP contribution in [0.3, 0.4) is 0 Å². The van der Waals surface area contributed by atoms with Crippen LogP contribution in [0, 0.1) is 12.7 Å². The van der Waals surface area contributed by atoms with Crippen LogP contribution in [0.25, 0.3) is 10.9 Å². The molecule has 0 aliphatic heterocycles. The van der Waals surface area contributed by atoms with E-state index >= 15 is 0 Å². The topological polar surface area (TPSA) is 97.8 Å². The zero-order chi connectivity index (χ0) is 23.2. The zero-order valence-electron chi connectivity index (χ0n) is 18.3. The first-order chi connectivity index (χ1) is 16.0. The predicted octanol–water partition coefficient (Wildman–Crippen LogP) is 5.11. The molecule has 33 heavy (non-hydrogen) atoms. The van der Waals surface area contributed by atoms with Crippen molar-refractivity contribution >= 4 is 34.5 Å². The SMILES string of the molecule is CC(N)=N/N=C/c1ccc2ncnc(Nc3ccc(OCc4cccc(F)c4)c(C)c3)c2c1. The van der Waals surface area contributed by atoms with E-state index in [1.807, 2.05) is 49.4 Å². The number of hydrogen-bond acceptors (Lipinski definition) is 6. The molecule has 0 amide bonds. The molecule has 3 aromatic carbocycles. The first-order valence-corrected chi connectivity index (χ1v) is 10.3. The lowest BCUT2D eigenvalue weighted by Crippen LogP contribution is -2.03. The Labute approximate surface area is 190 Å². The van der Waals surface area contributed by atoms with Gasteiger partial charge in [-0.3, -0.25) is 0 Å². The molecule has 1 heterocycles. The second-order valence-corrected chi connectivity index (χ2v) is 7.51. The van der Waals surface area contributed by atoms with Gasteiger partial charge in [0.1, 0.15) is 36.2 Å². The summed E-state index contributed by atoms with van der Waals surface area (Å²) < 4.78 is 19.2. The molecule has 0 saturated heterocycles. The first kappa shape index (κ1) is 21.9. The van der Waals surface area contributed by atoms with Gasteiger partial charge in [0, 0.05) is 11.1 Å². The molecule has 0 fully saturated rings. The molecule has 4 aromatic rings. The van der Waals surface area contributed by atoms with Gasteiger partial charge >= 0.3 is 0 Å². The van der Waals surface area contributed by atoms with Gasteiger partial charge in [0.25, 0.3) is 0 Å². The Morgan fingerprint density at radius 3 is 2.79 bits per heavy atom. The monoisotopic (exact) mass is 442 g/mol. The van der Waals surface area contributed by atoms with E-state index in [9.17, 15) is 4.39 Å². The smallest absolute Gasteiger partial charge is 0.141 e. The standard InChI is InChI=1S/C25H23FN6O/c1-16-10-21(7-9-24(16)33-14-19-4-3-5-20(26)11-19)31-25-22-12-18(13-30-32-17(2)27)6-8-23(22)28-15-29-25/h3-13,15H,14H2,1-2H3,(H2,27,32)(H,28,29,31)/b30-13+. The van der Waals surface area contributed by atoms with Crippen molar-refractivity contribution in [1.29, 1.82) is 0 Å². The largest absolute Gasteiger partial charge is 0.489 e. The van der Waals surface area contributed by atoms with Crippen molar-refractivity contribution < 1.29 is 9.13 Å². The number of fused-ring (bicyclic) bond motifs is 1. The molecule has 0 aliphatic carbocycles. The van der Waals surface area contributed by atoms with Gasteiger partial charge in [-0.2, -0.15) is 5.10 Å². The number of rotatable bonds is 7. The highest BCUT2D eigenvalue weighted by Crippen LogP contribution is 2.27. The van der Waals surface area contributed by atoms with Crippen molar-refractivity contribution in [3.8, 4) is 5.75 Å². The molecule has 0 spiro atoms. The minimum Gasteiger partial charge on any atom is -0.489 e. The number of aromatic nitrogens is 2. The van der Waals surface area contributed by atoms with Crippen molar-refractivity contribution in [2.75, 3.05) is 5.32 Å². The lowest BCUT2D eigenvalue weighted by Gasteiger charge is -2.13. The summed E-state index contributed by atoms with van der Waals surface area (Å²) in [5.41, 5.74) is 9.74. The van der Waals surface area contributed by atoms with E-state index in [0.717, 1.165) is 39.0 Å². The number of anilines is 2. The summed E-state index contributed by atoms with van der Waals surface area (Å²) in [6, 6.07) is 17.9. The average Bonchev–Trinajstić information content (AvgIpc) is 2.79. The van der Waals surface area contributed by atoms with Crippen LogP contribution in [0.2, 0.25) is 0 Å². The molecule has 4 rings (SSSR count). The highest BCUT2D eigenvalue weighted by Gasteiger charge is 2.08. The fourth-order valence-corrected chi connectivity index (χ4v) is 3.25. The van der Waals surface area contributed by atoms with Gasteiger partial charge in [-0.1, -0.05) is 18.2 Å². The number of halogens is 1. The molecule has 166 valence electrons. The molecular weight excluding hydrogens is 419 g/mol. The molecule has 1 aromatic heterocycles. The maximum atomic E-state index is 13.4. The van der Waals surface area contributed by atoms with Crippen LogP contribution in [-0.4, -0.2) is 22.0 Å². The van der Waals surface area contributed by atoms with Crippen LogP contribution >= 0.6 is 0 Å².